The van der Waals surface area contributed by atoms with Crippen LogP contribution in [0.25, 0.3) is 0 Å². The molecular formula is C17H23NO. The minimum Gasteiger partial charge on any atom is -0.375 e. The lowest BCUT2D eigenvalue weighted by molar-refractivity contribution is -0.0246. The van der Waals surface area contributed by atoms with Gasteiger partial charge in [-0.25, -0.2) is 0 Å². The predicted octanol–water partition coefficient (Wildman–Crippen LogP) is 4.40. The van der Waals surface area contributed by atoms with Crippen molar-refractivity contribution < 1.29 is 4.74 Å². The normalized spacial score (nSPS) is 24.7. The van der Waals surface area contributed by atoms with Crippen LogP contribution in [-0.2, 0) is 4.74 Å². The first kappa shape index (κ1) is 14.1. The third kappa shape index (κ3) is 3.81. The summed E-state index contributed by atoms with van der Waals surface area (Å²) in [5.74, 6) is 0.643. The highest BCUT2D eigenvalue weighted by molar-refractivity contribution is 5.33. The molecule has 0 aliphatic heterocycles. The maximum absolute atomic E-state index is 8.81. The monoisotopic (exact) mass is 257 g/mol. The van der Waals surface area contributed by atoms with E-state index < -0.39 is 0 Å². The van der Waals surface area contributed by atoms with E-state index in [1.165, 1.54) is 18.4 Å². The molecule has 1 saturated carbocycles. The standard InChI is InChI=1S/C17H23NO/c1-3-13(2)19-17-10-8-16(9-11-17)15-6-4-14(12-18)5-7-15/h4-7,13,16-17H,3,8-11H2,1-2H3. The average molecular weight is 257 g/mol. The summed E-state index contributed by atoms with van der Waals surface area (Å²) in [6, 6.07) is 10.2. The van der Waals surface area contributed by atoms with E-state index in [2.05, 4.69) is 32.0 Å². The Hall–Kier alpha value is -1.33. The Morgan fingerprint density at radius 3 is 2.37 bits per heavy atom. The number of hydrogen-bond acceptors (Lipinski definition) is 2. The summed E-state index contributed by atoms with van der Waals surface area (Å²) in [6.45, 7) is 4.33. The van der Waals surface area contributed by atoms with E-state index in [0.29, 0.717) is 18.1 Å². The SMILES string of the molecule is CCC(C)OC1CCC(c2ccc(C#N)cc2)CC1. The molecule has 19 heavy (non-hydrogen) atoms. The summed E-state index contributed by atoms with van der Waals surface area (Å²) in [5.41, 5.74) is 2.12. The van der Waals surface area contributed by atoms with Gasteiger partial charge in [0.05, 0.1) is 23.8 Å². The fourth-order valence-electron chi connectivity index (χ4n) is 2.79. The van der Waals surface area contributed by atoms with Gasteiger partial charge in [0, 0.05) is 0 Å². The number of hydrogen-bond donors (Lipinski definition) is 0. The van der Waals surface area contributed by atoms with E-state index in [9.17, 15) is 0 Å². The fourth-order valence-corrected chi connectivity index (χ4v) is 2.79. The Kier molecular flexibility index (Phi) is 4.99. The van der Waals surface area contributed by atoms with Gasteiger partial charge >= 0.3 is 0 Å². The van der Waals surface area contributed by atoms with Crippen LogP contribution >= 0.6 is 0 Å². The lowest BCUT2D eigenvalue weighted by Gasteiger charge is -2.30. The summed E-state index contributed by atoms with van der Waals surface area (Å²) >= 11 is 0. The lowest BCUT2D eigenvalue weighted by atomic mass is 9.82. The zero-order valence-electron chi connectivity index (χ0n) is 11.9. The maximum atomic E-state index is 8.81. The number of ether oxygens (including phenoxy) is 1. The third-order valence-corrected chi connectivity index (χ3v) is 4.19. The van der Waals surface area contributed by atoms with Crippen LogP contribution in [0.1, 0.15) is 63.0 Å². The van der Waals surface area contributed by atoms with Gasteiger partial charge < -0.3 is 4.74 Å². The van der Waals surface area contributed by atoms with Crippen molar-refractivity contribution in [3.63, 3.8) is 0 Å². The van der Waals surface area contributed by atoms with Gasteiger partial charge in [-0.1, -0.05) is 19.1 Å². The Morgan fingerprint density at radius 1 is 1.21 bits per heavy atom. The molecule has 2 rings (SSSR count). The van der Waals surface area contributed by atoms with E-state index in [4.69, 9.17) is 10.00 Å². The molecule has 0 saturated heterocycles. The molecule has 1 aromatic rings. The van der Waals surface area contributed by atoms with Gasteiger partial charge in [0.25, 0.3) is 0 Å². The first-order valence-electron chi connectivity index (χ1n) is 7.38. The smallest absolute Gasteiger partial charge is 0.0991 e. The number of nitrogens with zero attached hydrogens (tertiary/aromatic N) is 1. The largest absolute Gasteiger partial charge is 0.375 e. The van der Waals surface area contributed by atoms with Gasteiger partial charge in [0.15, 0.2) is 0 Å². The topological polar surface area (TPSA) is 33.0 Å². The van der Waals surface area contributed by atoms with Crippen molar-refractivity contribution in [2.24, 2.45) is 0 Å². The van der Waals surface area contributed by atoms with Gasteiger partial charge in [0.2, 0.25) is 0 Å². The summed E-state index contributed by atoms with van der Waals surface area (Å²) in [6.07, 6.45) is 6.65. The Bertz CT molecular complexity index is 424. The molecule has 1 fully saturated rings. The Balaban J connectivity index is 1.87. The van der Waals surface area contributed by atoms with E-state index in [1.54, 1.807) is 0 Å². The molecule has 2 heteroatoms. The van der Waals surface area contributed by atoms with Crippen LogP contribution in [0.5, 0.6) is 0 Å². The van der Waals surface area contributed by atoms with E-state index in [-0.39, 0.29) is 0 Å². The zero-order valence-corrected chi connectivity index (χ0v) is 11.9. The number of nitriles is 1. The third-order valence-electron chi connectivity index (χ3n) is 4.19. The summed E-state index contributed by atoms with van der Waals surface area (Å²) in [4.78, 5) is 0. The second-order valence-electron chi connectivity index (χ2n) is 5.56. The predicted molar refractivity (Wildman–Crippen MR) is 77.0 cm³/mol. The minimum atomic E-state index is 0.386. The van der Waals surface area contributed by atoms with E-state index in [0.717, 1.165) is 24.8 Å². The van der Waals surface area contributed by atoms with Crippen LogP contribution in [0.2, 0.25) is 0 Å². The Labute approximate surface area is 116 Å². The molecule has 0 heterocycles. The lowest BCUT2D eigenvalue weighted by Crippen LogP contribution is -2.24. The molecule has 0 radical (unpaired) electrons. The van der Waals surface area contributed by atoms with Crippen LogP contribution in [0.3, 0.4) is 0 Å². The highest BCUT2D eigenvalue weighted by Crippen LogP contribution is 2.34. The molecule has 0 amide bonds. The average Bonchev–Trinajstić information content (AvgIpc) is 2.48. The molecule has 0 bridgehead atoms. The second kappa shape index (κ2) is 6.73. The molecule has 102 valence electrons. The van der Waals surface area contributed by atoms with Gasteiger partial charge in [-0.15, -0.1) is 0 Å². The quantitative estimate of drug-likeness (QED) is 0.801. The van der Waals surface area contributed by atoms with Gasteiger partial charge in [-0.3, -0.25) is 0 Å². The van der Waals surface area contributed by atoms with E-state index in [1.807, 2.05) is 12.1 Å². The Morgan fingerprint density at radius 2 is 1.84 bits per heavy atom. The van der Waals surface area contributed by atoms with Crippen molar-refractivity contribution in [1.29, 1.82) is 5.26 Å². The second-order valence-corrected chi connectivity index (χ2v) is 5.56. The highest BCUT2D eigenvalue weighted by atomic mass is 16.5. The molecule has 0 N–H and O–H groups in total. The minimum absolute atomic E-state index is 0.386. The molecule has 2 nitrogen and oxygen atoms in total. The molecule has 0 aromatic heterocycles. The molecule has 1 aromatic carbocycles. The first-order chi connectivity index (χ1) is 9.22. The number of rotatable bonds is 4. The molecule has 1 aliphatic rings. The van der Waals surface area contributed by atoms with Crippen LogP contribution in [-0.4, -0.2) is 12.2 Å². The van der Waals surface area contributed by atoms with Crippen molar-refractivity contribution in [2.75, 3.05) is 0 Å². The summed E-state index contributed by atoms with van der Waals surface area (Å²) < 4.78 is 6.02. The molecule has 0 spiro atoms. The molecule has 1 atom stereocenters. The van der Waals surface area contributed by atoms with Gasteiger partial charge in [0.1, 0.15) is 0 Å². The van der Waals surface area contributed by atoms with Crippen LogP contribution < -0.4 is 0 Å². The van der Waals surface area contributed by atoms with Crippen molar-refractivity contribution in [1.82, 2.24) is 0 Å². The van der Waals surface area contributed by atoms with Crippen LogP contribution in [0, 0.1) is 11.3 Å². The van der Waals surface area contributed by atoms with Crippen molar-refractivity contribution in [2.45, 2.75) is 64.1 Å². The molecule has 1 aliphatic carbocycles. The van der Waals surface area contributed by atoms with Gasteiger partial charge in [-0.2, -0.15) is 5.26 Å². The summed E-state index contributed by atoms with van der Waals surface area (Å²) in [7, 11) is 0. The van der Waals surface area contributed by atoms with Crippen molar-refractivity contribution in [3.05, 3.63) is 35.4 Å². The first-order valence-corrected chi connectivity index (χ1v) is 7.38. The highest BCUT2D eigenvalue weighted by Gasteiger charge is 2.23. The molecular weight excluding hydrogens is 234 g/mol. The number of benzene rings is 1. The maximum Gasteiger partial charge on any atom is 0.0991 e. The van der Waals surface area contributed by atoms with E-state index >= 15 is 0 Å². The molecule has 1 unspecified atom stereocenters. The summed E-state index contributed by atoms with van der Waals surface area (Å²) in [5, 5.41) is 8.81. The fraction of sp³-hybridized carbons (Fsp3) is 0.588. The van der Waals surface area contributed by atoms with Crippen LogP contribution in [0.15, 0.2) is 24.3 Å². The van der Waals surface area contributed by atoms with Gasteiger partial charge in [-0.05, 0) is 62.6 Å². The van der Waals surface area contributed by atoms with Crippen molar-refractivity contribution in [3.8, 4) is 6.07 Å². The zero-order chi connectivity index (χ0) is 13.7. The van der Waals surface area contributed by atoms with Crippen LogP contribution in [0.4, 0.5) is 0 Å². The van der Waals surface area contributed by atoms with Crippen molar-refractivity contribution >= 4 is 0 Å².